The van der Waals surface area contributed by atoms with Crippen molar-refractivity contribution in [3.05, 3.63) is 39.6 Å². The number of rotatable bonds is 1. The van der Waals surface area contributed by atoms with E-state index in [1.54, 1.807) is 6.26 Å². The van der Waals surface area contributed by atoms with Crippen molar-refractivity contribution in [2.45, 2.75) is 0 Å². The first kappa shape index (κ1) is 8.97. The molecule has 0 aliphatic heterocycles. The van der Waals surface area contributed by atoms with E-state index in [4.69, 9.17) is 4.52 Å². The Labute approximate surface area is 92.2 Å². The van der Waals surface area contributed by atoms with Gasteiger partial charge in [0.05, 0.1) is 5.56 Å². The quantitative estimate of drug-likeness (QED) is 0.799. The van der Waals surface area contributed by atoms with Crippen LogP contribution in [0.5, 0.6) is 0 Å². The molecule has 0 saturated heterocycles. The predicted octanol–water partition coefficient (Wildman–Crippen LogP) is 3.87. The number of halogens is 2. The molecule has 4 heteroatoms. The third-order valence-electron chi connectivity index (χ3n) is 1.68. The second-order valence-electron chi connectivity index (χ2n) is 2.53. The normalized spacial score (nSPS) is 10.3. The SMILES string of the molecule is Brc1ccc(-c2conc2Br)cc1. The minimum absolute atomic E-state index is 0.731. The molecule has 2 aromatic rings. The molecular formula is C9H5Br2NO. The van der Waals surface area contributed by atoms with Crippen LogP contribution in [-0.4, -0.2) is 5.16 Å². The van der Waals surface area contributed by atoms with Crippen molar-refractivity contribution in [3.8, 4) is 11.1 Å². The Morgan fingerprint density at radius 3 is 2.31 bits per heavy atom. The molecule has 0 amide bonds. The number of aromatic nitrogens is 1. The van der Waals surface area contributed by atoms with Gasteiger partial charge in [-0.3, -0.25) is 0 Å². The van der Waals surface area contributed by atoms with E-state index >= 15 is 0 Å². The average molecular weight is 303 g/mol. The number of hydrogen-bond acceptors (Lipinski definition) is 2. The highest BCUT2D eigenvalue weighted by atomic mass is 79.9. The molecule has 0 aliphatic rings. The van der Waals surface area contributed by atoms with Gasteiger partial charge in [0.1, 0.15) is 6.26 Å². The topological polar surface area (TPSA) is 26.0 Å². The van der Waals surface area contributed by atoms with Gasteiger partial charge in [0.15, 0.2) is 4.60 Å². The van der Waals surface area contributed by atoms with Gasteiger partial charge in [0.25, 0.3) is 0 Å². The summed E-state index contributed by atoms with van der Waals surface area (Å²) in [5.74, 6) is 0. The summed E-state index contributed by atoms with van der Waals surface area (Å²) in [6.07, 6.45) is 1.62. The number of benzene rings is 1. The fourth-order valence-corrected chi connectivity index (χ4v) is 1.71. The Kier molecular flexibility index (Phi) is 2.51. The maximum Gasteiger partial charge on any atom is 0.157 e. The van der Waals surface area contributed by atoms with Crippen LogP contribution in [0.1, 0.15) is 0 Å². The van der Waals surface area contributed by atoms with E-state index in [1.165, 1.54) is 0 Å². The van der Waals surface area contributed by atoms with E-state index in [0.717, 1.165) is 20.2 Å². The Balaban J connectivity index is 2.47. The van der Waals surface area contributed by atoms with Crippen molar-refractivity contribution in [1.29, 1.82) is 0 Å². The molecule has 1 aromatic heterocycles. The van der Waals surface area contributed by atoms with E-state index in [1.807, 2.05) is 24.3 Å². The average Bonchev–Trinajstić information content (AvgIpc) is 2.53. The molecule has 66 valence electrons. The lowest BCUT2D eigenvalue weighted by atomic mass is 10.1. The van der Waals surface area contributed by atoms with E-state index in [2.05, 4.69) is 37.0 Å². The molecule has 0 radical (unpaired) electrons. The summed E-state index contributed by atoms with van der Waals surface area (Å²) >= 11 is 6.68. The molecule has 0 fully saturated rings. The zero-order valence-electron chi connectivity index (χ0n) is 6.50. The molecule has 1 aromatic carbocycles. The summed E-state index contributed by atoms with van der Waals surface area (Å²) in [6, 6.07) is 7.96. The highest BCUT2D eigenvalue weighted by molar-refractivity contribution is 9.10. The molecule has 0 unspecified atom stereocenters. The van der Waals surface area contributed by atoms with Gasteiger partial charge in [-0.2, -0.15) is 0 Å². The highest BCUT2D eigenvalue weighted by Gasteiger charge is 2.05. The van der Waals surface area contributed by atoms with Crippen LogP contribution in [0.4, 0.5) is 0 Å². The van der Waals surface area contributed by atoms with Crippen molar-refractivity contribution in [2.24, 2.45) is 0 Å². The lowest BCUT2D eigenvalue weighted by molar-refractivity contribution is 0.416. The van der Waals surface area contributed by atoms with Crippen LogP contribution in [0, 0.1) is 0 Å². The standard InChI is InChI=1S/C9H5Br2NO/c10-7-3-1-6(2-4-7)8-5-13-12-9(8)11/h1-5H. The first-order chi connectivity index (χ1) is 6.27. The zero-order valence-corrected chi connectivity index (χ0v) is 9.67. The summed E-state index contributed by atoms with van der Waals surface area (Å²) in [5, 5.41) is 3.75. The molecule has 0 saturated carbocycles. The Bertz CT molecular complexity index is 408. The minimum Gasteiger partial charge on any atom is -0.363 e. The fourth-order valence-electron chi connectivity index (χ4n) is 1.04. The van der Waals surface area contributed by atoms with Gasteiger partial charge in [-0.05, 0) is 33.6 Å². The summed E-state index contributed by atoms with van der Waals surface area (Å²) in [4.78, 5) is 0. The van der Waals surface area contributed by atoms with Crippen LogP contribution in [0.2, 0.25) is 0 Å². The first-order valence-electron chi connectivity index (χ1n) is 3.63. The minimum atomic E-state index is 0.731. The second kappa shape index (κ2) is 3.64. The lowest BCUT2D eigenvalue weighted by Gasteiger charge is -1.96. The van der Waals surface area contributed by atoms with Crippen LogP contribution in [-0.2, 0) is 0 Å². The van der Waals surface area contributed by atoms with E-state index in [0.29, 0.717) is 0 Å². The zero-order chi connectivity index (χ0) is 9.26. The van der Waals surface area contributed by atoms with Gasteiger partial charge in [-0.25, -0.2) is 0 Å². The van der Waals surface area contributed by atoms with Gasteiger partial charge in [0.2, 0.25) is 0 Å². The van der Waals surface area contributed by atoms with Crippen LogP contribution in [0.25, 0.3) is 11.1 Å². The van der Waals surface area contributed by atoms with Crippen molar-refractivity contribution in [3.63, 3.8) is 0 Å². The van der Waals surface area contributed by atoms with Gasteiger partial charge in [0, 0.05) is 4.47 Å². The van der Waals surface area contributed by atoms with Gasteiger partial charge < -0.3 is 4.52 Å². The molecule has 13 heavy (non-hydrogen) atoms. The number of nitrogens with zero attached hydrogens (tertiary/aromatic N) is 1. The number of hydrogen-bond donors (Lipinski definition) is 0. The van der Waals surface area contributed by atoms with Gasteiger partial charge in [-0.15, -0.1) is 0 Å². The van der Waals surface area contributed by atoms with E-state index < -0.39 is 0 Å². The van der Waals surface area contributed by atoms with Gasteiger partial charge in [-0.1, -0.05) is 33.2 Å². The molecule has 2 rings (SSSR count). The summed E-state index contributed by atoms with van der Waals surface area (Å²) in [7, 11) is 0. The van der Waals surface area contributed by atoms with Gasteiger partial charge >= 0.3 is 0 Å². The fraction of sp³-hybridized carbons (Fsp3) is 0. The second-order valence-corrected chi connectivity index (χ2v) is 4.19. The van der Waals surface area contributed by atoms with E-state index in [-0.39, 0.29) is 0 Å². The molecule has 0 N–H and O–H groups in total. The maximum absolute atomic E-state index is 4.82. The summed E-state index contributed by atoms with van der Waals surface area (Å²) in [5.41, 5.74) is 2.05. The third-order valence-corrected chi connectivity index (χ3v) is 2.78. The van der Waals surface area contributed by atoms with Crippen molar-refractivity contribution < 1.29 is 4.52 Å². The molecule has 2 nitrogen and oxygen atoms in total. The van der Waals surface area contributed by atoms with Crippen LogP contribution < -0.4 is 0 Å². The lowest BCUT2D eigenvalue weighted by Crippen LogP contribution is -1.74. The molecule has 0 atom stereocenters. The first-order valence-corrected chi connectivity index (χ1v) is 5.22. The maximum atomic E-state index is 4.82. The summed E-state index contributed by atoms with van der Waals surface area (Å²) in [6.45, 7) is 0. The van der Waals surface area contributed by atoms with E-state index in [9.17, 15) is 0 Å². The predicted molar refractivity (Wildman–Crippen MR) is 57.3 cm³/mol. The monoisotopic (exact) mass is 301 g/mol. The highest BCUT2D eigenvalue weighted by Crippen LogP contribution is 2.27. The van der Waals surface area contributed by atoms with Crippen molar-refractivity contribution in [1.82, 2.24) is 5.16 Å². The van der Waals surface area contributed by atoms with Crippen molar-refractivity contribution >= 4 is 31.9 Å². The van der Waals surface area contributed by atoms with Crippen molar-refractivity contribution in [2.75, 3.05) is 0 Å². The molecule has 0 spiro atoms. The summed E-state index contributed by atoms with van der Waals surface area (Å²) < 4.78 is 6.61. The molecule has 0 bridgehead atoms. The molecule has 0 aliphatic carbocycles. The van der Waals surface area contributed by atoms with Crippen LogP contribution in [0.3, 0.4) is 0 Å². The molecular weight excluding hydrogens is 298 g/mol. The Hall–Kier alpha value is -0.610. The van der Waals surface area contributed by atoms with Crippen LogP contribution in [0.15, 0.2) is 44.1 Å². The Morgan fingerprint density at radius 1 is 1.08 bits per heavy atom. The smallest absolute Gasteiger partial charge is 0.157 e. The van der Waals surface area contributed by atoms with Crippen LogP contribution >= 0.6 is 31.9 Å². The third kappa shape index (κ3) is 1.84. The largest absolute Gasteiger partial charge is 0.363 e. The molecule has 1 heterocycles. The Morgan fingerprint density at radius 2 is 1.77 bits per heavy atom.